The predicted octanol–water partition coefficient (Wildman–Crippen LogP) is 1.29. The first-order chi connectivity index (χ1) is 8.52. The first-order valence-corrected chi connectivity index (χ1v) is 5.60. The number of hydrogen-bond acceptors (Lipinski definition) is 5. The van der Waals surface area contributed by atoms with Crippen LogP contribution in [0, 0.1) is 16.0 Å². The van der Waals surface area contributed by atoms with Crippen LogP contribution >= 0.6 is 0 Å². The summed E-state index contributed by atoms with van der Waals surface area (Å²) in [5.74, 6) is -1.35. The monoisotopic (exact) mass is 251 g/mol. The molecule has 1 fully saturated rings. The van der Waals surface area contributed by atoms with E-state index in [1.165, 1.54) is 12.4 Å². The van der Waals surface area contributed by atoms with Gasteiger partial charge in [0.1, 0.15) is 11.9 Å². The molecule has 0 aromatic carbocycles. The molecule has 0 spiro atoms. The fraction of sp³-hybridized carbons (Fsp3) is 0.455. The third-order valence-corrected chi connectivity index (χ3v) is 3.36. The smallest absolute Gasteiger partial charge is 0.310 e. The van der Waals surface area contributed by atoms with E-state index in [1.807, 2.05) is 0 Å². The third-order valence-electron chi connectivity index (χ3n) is 3.36. The summed E-state index contributed by atoms with van der Waals surface area (Å²) in [4.78, 5) is 27.0. The van der Waals surface area contributed by atoms with Crippen LogP contribution in [0.2, 0.25) is 0 Å². The molecule has 1 N–H and O–H groups in total. The average molecular weight is 251 g/mol. The van der Waals surface area contributed by atoms with E-state index in [2.05, 4.69) is 4.98 Å². The average Bonchev–Trinajstić information content (AvgIpc) is 2.71. The summed E-state index contributed by atoms with van der Waals surface area (Å²) in [6.45, 7) is 2.28. The van der Waals surface area contributed by atoms with Gasteiger partial charge in [-0.3, -0.25) is 19.9 Å². The highest BCUT2D eigenvalue weighted by molar-refractivity contribution is 5.74. The Balaban J connectivity index is 2.34. The minimum atomic E-state index is -0.860. The molecule has 2 unspecified atom stereocenters. The Morgan fingerprint density at radius 2 is 2.39 bits per heavy atom. The lowest BCUT2D eigenvalue weighted by atomic mass is 10.0. The van der Waals surface area contributed by atoms with Crippen LogP contribution in [-0.4, -0.2) is 33.6 Å². The predicted molar refractivity (Wildman–Crippen MR) is 63.4 cm³/mol. The van der Waals surface area contributed by atoms with Crippen LogP contribution in [0.15, 0.2) is 18.5 Å². The van der Waals surface area contributed by atoms with E-state index in [-0.39, 0.29) is 11.7 Å². The van der Waals surface area contributed by atoms with E-state index in [0.29, 0.717) is 18.7 Å². The molecule has 2 heterocycles. The quantitative estimate of drug-likeness (QED) is 0.642. The van der Waals surface area contributed by atoms with E-state index >= 15 is 0 Å². The van der Waals surface area contributed by atoms with E-state index in [1.54, 1.807) is 17.9 Å². The second-order valence-electron chi connectivity index (χ2n) is 4.29. The number of carboxylic acids is 1. The minimum absolute atomic E-state index is 0.0876. The molecule has 1 aliphatic rings. The summed E-state index contributed by atoms with van der Waals surface area (Å²) in [6.07, 6.45) is 3.16. The van der Waals surface area contributed by atoms with Crippen molar-refractivity contribution in [1.29, 1.82) is 0 Å². The molecule has 2 atom stereocenters. The fourth-order valence-electron chi connectivity index (χ4n) is 2.37. The van der Waals surface area contributed by atoms with Crippen molar-refractivity contribution in [3.05, 3.63) is 28.6 Å². The molecular formula is C11H13N3O4. The number of hydrogen-bond donors (Lipinski definition) is 1. The number of nitro groups is 1. The second kappa shape index (κ2) is 4.59. The zero-order chi connectivity index (χ0) is 13.3. The molecule has 2 rings (SSSR count). The van der Waals surface area contributed by atoms with Crippen LogP contribution in [0.25, 0.3) is 0 Å². The molecule has 0 amide bonds. The van der Waals surface area contributed by atoms with Crippen molar-refractivity contribution in [2.75, 3.05) is 11.4 Å². The molecule has 1 aromatic rings. The molecule has 0 saturated carbocycles. The molecule has 0 radical (unpaired) electrons. The van der Waals surface area contributed by atoms with E-state index in [4.69, 9.17) is 5.11 Å². The maximum absolute atomic E-state index is 11.0. The number of carboxylic acid groups (broad SMARTS) is 1. The van der Waals surface area contributed by atoms with Gasteiger partial charge in [0.05, 0.1) is 10.8 Å². The fourth-order valence-corrected chi connectivity index (χ4v) is 2.37. The number of aromatic nitrogens is 1. The van der Waals surface area contributed by atoms with Crippen LogP contribution in [0.5, 0.6) is 0 Å². The van der Waals surface area contributed by atoms with Gasteiger partial charge in [0.15, 0.2) is 0 Å². The van der Waals surface area contributed by atoms with Gasteiger partial charge in [0.25, 0.3) is 0 Å². The van der Waals surface area contributed by atoms with Crippen LogP contribution in [-0.2, 0) is 4.79 Å². The Kier molecular flexibility index (Phi) is 3.14. The Morgan fingerprint density at radius 3 is 2.94 bits per heavy atom. The van der Waals surface area contributed by atoms with Crippen molar-refractivity contribution in [2.24, 2.45) is 5.92 Å². The van der Waals surface area contributed by atoms with Crippen molar-refractivity contribution in [3.63, 3.8) is 0 Å². The third kappa shape index (κ3) is 1.99. The van der Waals surface area contributed by atoms with Gasteiger partial charge in [-0.2, -0.15) is 0 Å². The van der Waals surface area contributed by atoms with Crippen molar-refractivity contribution < 1.29 is 14.8 Å². The molecule has 0 bridgehead atoms. The first-order valence-electron chi connectivity index (χ1n) is 5.60. The maximum Gasteiger partial charge on any atom is 0.310 e. The minimum Gasteiger partial charge on any atom is -0.481 e. The van der Waals surface area contributed by atoms with Crippen LogP contribution in [0.1, 0.15) is 13.3 Å². The highest BCUT2D eigenvalue weighted by Gasteiger charge is 2.37. The lowest BCUT2D eigenvalue weighted by Gasteiger charge is -2.24. The Morgan fingerprint density at radius 1 is 1.67 bits per heavy atom. The summed E-state index contributed by atoms with van der Waals surface area (Å²) in [7, 11) is 0. The van der Waals surface area contributed by atoms with Gasteiger partial charge in [0.2, 0.25) is 0 Å². The van der Waals surface area contributed by atoms with Gasteiger partial charge in [-0.15, -0.1) is 0 Å². The van der Waals surface area contributed by atoms with Gasteiger partial charge in [0, 0.05) is 18.8 Å². The molecule has 1 aliphatic heterocycles. The van der Waals surface area contributed by atoms with Crippen LogP contribution in [0.4, 0.5) is 11.4 Å². The zero-order valence-electron chi connectivity index (χ0n) is 9.81. The van der Waals surface area contributed by atoms with Gasteiger partial charge in [-0.05, 0) is 19.4 Å². The van der Waals surface area contributed by atoms with Gasteiger partial charge in [-0.1, -0.05) is 0 Å². The summed E-state index contributed by atoms with van der Waals surface area (Å²) in [5, 5.41) is 20.0. The highest BCUT2D eigenvalue weighted by atomic mass is 16.6. The number of carbonyl (C=O) groups is 1. The number of nitrogens with zero attached hydrogens (tertiary/aromatic N) is 3. The Hall–Kier alpha value is -2.18. The Labute approximate surface area is 103 Å². The number of anilines is 1. The lowest BCUT2D eigenvalue weighted by molar-refractivity contribution is -0.384. The summed E-state index contributed by atoms with van der Waals surface area (Å²) in [5.41, 5.74) is 0.349. The molecule has 1 saturated heterocycles. The standard InChI is InChI=1S/C11H13N3O4/c1-7-8(11(15)16)3-5-13(7)9-2-4-12-6-10(9)14(17)18/h2,4,6-8H,3,5H2,1H3,(H,15,16). The molecule has 7 heteroatoms. The van der Waals surface area contributed by atoms with E-state index in [9.17, 15) is 14.9 Å². The summed E-state index contributed by atoms with van der Waals surface area (Å²) < 4.78 is 0. The normalized spacial score (nSPS) is 23.1. The molecular weight excluding hydrogens is 238 g/mol. The van der Waals surface area contributed by atoms with Crippen LogP contribution in [0.3, 0.4) is 0 Å². The van der Waals surface area contributed by atoms with E-state index in [0.717, 1.165) is 0 Å². The first kappa shape index (κ1) is 12.3. The molecule has 96 valence electrons. The topological polar surface area (TPSA) is 96.6 Å². The lowest BCUT2D eigenvalue weighted by Crippen LogP contribution is -2.33. The SMILES string of the molecule is CC1C(C(=O)O)CCN1c1ccncc1[N+](=O)[O-]. The second-order valence-corrected chi connectivity index (χ2v) is 4.29. The molecule has 7 nitrogen and oxygen atoms in total. The largest absolute Gasteiger partial charge is 0.481 e. The highest BCUT2D eigenvalue weighted by Crippen LogP contribution is 2.34. The van der Waals surface area contributed by atoms with Gasteiger partial charge in [-0.25, -0.2) is 0 Å². The van der Waals surface area contributed by atoms with Crippen LogP contribution < -0.4 is 4.90 Å². The number of rotatable bonds is 3. The number of aliphatic carboxylic acids is 1. The van der Waals surface area contributed by atoms with Crippen molar-refractivity contribution in [1.82, 2.24) is 4.98 Å². The van der Waals surface area contributed by atoms with E-state index < -0.39 is 16.8 Å². The number of pyridine rings is 1. The molecule has 18 heavy (non-hydrogen) atoms. The van der Waals surface area contributed by atoms with Gasteiger partial charge < -0.3 is 10.0 Å². The van der Waals surface area contributed by atoms with Crippen molar-refractivity contribution >= 4 is 17.3 Å². The molecule has 1 aromatic heterocycles. The van der Waals surface area contributed by atoms with Gasteiger partial charge >= 0.3 is 11.7 Å². The summed E-state index contributed by atoms with van der Waals surface area (Å²) in [6, 6.07) is 1.29. The zero-order valence-corrected chi connectivity index (χ0v) is 9.81. The maximum atomic E-state index is 11.0. The molecule has 0 aliphatic carbocycles. The summed E-state index contributed by atoms with van der Waals surface area (Å²) >= 11 is 0. The van der Waals surface area contributed by atoms with Crippen molar-refractivity contribution in [3.8, 4) is 0 Å². The Bertz CT molecular complexity index is 491. The van der Waals surface area contributed by atoms with Crippen molar-refractivity contribution in [2.45, 2.75) is 19.4 Å².